The fourth-order valence-electron chi connectivity index (χ4n) is 2.77. The number of H-pyrrole nitrogens is 1. The van der Waals surface area contributed by atoms with Crippen LogP contribution in [0, 0.1) is 11.3 Å². The van der Waals surface area contributed by atoms with Gasteiger partial charge < -0.3 is 9.84 Å². The molecule has 10 nitrogen and oxygen atoms in total. The van der Waals surface area contributed by atoms with E-state index in [0.717, 1.165) is 4.68 Å². The number of aliphatic hydroxyl groups excluding tert-OH is 1. The summed E-state index contributed by atoms with van der Waals surface area (Å²) < 4.78 is 7.72. The van der Waals surface area contributed by atoms with Crippen molar-refractivity contribution < 1.29 is 9.84 Å². The molecule has 152 valence electrons. The van der Waals surface area contributed by atoms with Crippen molar-refractivity contribution in [3.63, 3.8) is 0 Å². The Morgan fingerprint density at radius 3 is 2.55 bits per heavy atom. The molecule has 2 heterocycles. The van der Waals surface area contributed by atoms with Gasteiger partial charge in [-0.25, -0.2) is 4.79 Å². The molecule has 1 unspecified atom stereocenters. The number of aromatic amines is 1. The maximum absolute atomic E-state index is 12.1. The zero-order chi connectivity index (χ0) is 21.4. The number of ether oxygens (including phenoxy) is 1. The van der Waals surface area contributed by atoms with Crippen molar-refractivity contribution in [2.75, 3.05) is 0 Å². The third-order valence-electron chi connectivity index (χ3n) is 4.13. The summed E-state index contributed by atoms with van der Waals surface area (Å²) >= 11 is 6.78. The van der Waals surface area contributed by atoms with Gasteiger partial charge >= 0.3 is 57.1 Å². The van der Waals surface area contributed by atoms with Crippen LogP contribution in [0.2, 0.25) is 0 Å². The molecule has 13 heteroatoms. The van der Waals surface area contributed by atoms with E-state index in [1.807, 2.05) is 4.98 Å². The SMILES string of the molecule is N#Cc1nn(-c2cc(Br)c(OC3=NNC(O)c4ccccc43)c(Br)c2)c(=O)[nH]c1=O.[KH]. The minimum absolute atomic E-state index is 0. The summed E-state index contributed by atoms with van der Waals surface area (Å²) in [5, 5.41) is 26.9. The van der Waals surface area contributed by atoms with Crippen molar-refractivity contribution >= 4 is 89.1 Å². The molecule has 1 aliphatic heterocycles. The number of benzene rings is 2. The Kier molecular flexibility index (Phi) is 7.66. The monoisotopic (exact) mass is 572 g/mol. The molecule has 0 bridgehead atoms. The molecule has 2 aromatic carbocycles. The van der Waals surface area contributed by atoms with E-state index < -0.39 is 23.2 Å². The number of aromatic nitrogens is 3. The van der Waals surface area contributed by atoms with Gasteiger partial charge in [0.1, 0.15) is 6.07 Å². The van der Waals surface area contributed by atoms with E-state index in [1.165, 1.54) is 12.1 Å². The van der Waals surface area contributed by atoms with E-state index >= 15 is 0 Å². The Morgan fingerprint density at radius 1 is 1.19 bits per heavy atom. The number of nitrogens with one attached hydrogen (secondary N) is 2. The van der Waals surface area contributed by atoms with Crippen LogP contribution in [0.15, 0.2) is 60.0 Å². The Bertz CT molecular complexity index is 1340. The Balaban J connectivity index is 0.00000272. The van der Waals surface area contributed by atoms with Crippen LogP contribution in [0.25, 0.3) is 5.69 Å². The Morgan fingerprint density at radius 2 is 1.87 bits per heavy atom. The average molecular weight is 574 g/mol. The summed E-state index contributed by atoms with van der Waals surface area (Å²) in [4.78, 5) is 25.7. The van der Waals surface area contributed by atoms with Crippen LogP contribution >= 0.6 is 31.9 Å². The summed E-state index contributed by atoms with van der Waals surface area (Å²) in [5.74, 6) is 0.583. The van der Waals surface area contributed by atoms with E-state index in [0.29, 0.717) is 25.8 Å². The van der Waals surface area contributed by atoms with Gasteiger partial charge in [-0.05, 0) is 50.1 Å². The second-order valence-corrected chi connectivity index (χ2v) is 7.72. The minimum atomic E-state index is -0.949. The number of aliphatic hydroxyl groups is 1. The van der Waals surface area contributed by atoms with Crippen molar-refractivity contribution in [3.05, 3.63) is 83.0 Å². The van der Waals surface area contributed by atoms with Crippen LogP contribution < -0.4 is 21.4 Å². The number of nitriles is 1. The molecule has 4 rings (SSSR count). The first kappa shape index (κ1) is 24.0. The number of hydrazone groups is 1. The number of rotatable bonds is 2. The molecule has 31 heavy (non-hydrogen) atoms. The molecular weight excluding hydrogens is 563 g/mol. The molecule has 1 aromatic heterocycles. The first-order valence-electron chi connectivity index (χ1n) is 8.30. The molecule has 3 N–H and O–H groups in total. The quantitative estimate of drug-likeness (QED) is 0.388. The second-order valence-electron chi connectivity index (χ2n) is 6.01. The number of fused-ring (bicyclic) bond motifs is 1. The Hall–Kier alpha value is -1.63. The summed E-state index contributed by atoms with van der Waals surface area (Å²) in [6.45, 7) is 0. The molecule has 1 aliphatic rings. The fourth-order valence-corrected chi connectivity index (χ4v) is 4.09. The van der Waals surface area contributed by atoms with Crippen molar-refractivity contribution in [3.8, 4) is 17.5 Å². The van der Waals surface area contributed by atoms with E-state index in [9.17, 15) is 14.7 Å². The topological polar surface area (TPSA) is 145 Å². The van der Waals surface area contributed by atoms with Gasteiger partial charge in [-0.2, -0.15) is 9.94 Å². The first-order chi connectivity index (χ1) is 14.4. The Labute approximate surface area is 233 Å². The zero-order valence-corrected chi connectivity index (χ0v) is 17.9. The molecule has 0 radical (unpaired) electrons. The molecule has 0 amide bonds. The van der Waals surface area contributed by atoms with Crippen LogP contribution in [0.4, 0.5) is 0 Å². The van der Waals surface area contributed by atoms with Gasteiger partial charge in [0.25, 0.3) is 5.56 Å². The predicted octanol–water partition coefficient (Wildman–Crippen LogP) is 1.00. The van der Waals surface area contributed by atoms with Gasteiger partial charge in [-0.15, -0.1) is 10.2 Å². The second kappa shape index (κ2) is 9.88. The van der Waals surface area contributed by atoms with E-state index in [2.05, 4.69) is 47.5 Å². The number of hydrogen-bond acceptors (Lipinski definition) is 8. The van der Waals surface area contributed by atoms with Crippen molar-refractivity contribution in [1.82, 2.24) is 20.2 Å². The normalized spacial score (nSPS) is 14.4. The van der Waals surface area contributed by atoms with E-state index in [-0.39, 0.29) is 63.0 Å². The zero-order valence-electron chi connectivity index (χ0n) is 14.8. The molecule has 1 atom stereocenters. The summed E-state index contributed by atoms with van der Waals surface area (Å²) in [6, 6.07) is 11.8. The number of hydrogen-bond donors (Lipinski definition) is 3. The van der Waals surface area contributed by atoms with Gasteiger partial charge in [0.15, 0.2) is 12.0 Å². The number of nitrogens with zero attached hydrogens (tertiary/aromatic N) is 4. The van der Waals surface area contributed by atoms with Crippen LogP contribution in [-0.2, 0) is 0 Å². The standard InChI is InChI=1S/C18H10Br2N6O4.K.H/c19-11-5-8(26-18(29)22-16(28)13(7-21)25-26)6-12(20)14(11)30-17-10-4-2-1-3-9(10)15(27)23-24-17;;/h1-6,15,23,27H,(H,22,28,29);;. The maximum atomic E-state index is 12.1. The molecular formula is C18H11Br2KN6O4. The van der Waals surface area contributed by atoms with Gasteiger partial charge in [-0.1, -0.05) is 18.2 Å². The molecule has 0 aliphatic carbocycles. The first-order valence-corrected chi connectivity index (χ1v) is 9.89. The van der Waals surface area contributed by atoms with Crippen LogP contribution in [0.3, 0.4) is 0 Å². The van der Waals surface area contributed by atoms with Crippen LogP contribution in [0.1, 0.15) is 23.0 Å². The predicted molar refractivity (Wildman–Crippen MR) is 119 cm³/mol. The summed E-state index contributed by atoms with van der Waals surface area (Å²) in [7, 11) is 0. The van der Waals surface area contributed by atoms with Crippen LogP contribution in [-0.4, -0.2) is 77.2 Å². The van der Waals surface area contributed by atoms with Crippen molar-refractivity contribution in [2.45, 2.75) is 6.23 Å². The van der Waals surface area contributed by atoms with E-state index in [1.54, 1.807) is 30.3 Å². The molecule has 0 spiro atoms. The number of halogens is 2. The summed E-state index contributed by atoms with van der Waals surface area (Å²) in [5.41, 5.74) is 1.98. The third kappa shape index (κ3) is 4.76. The molecule has 0 saturated heterocycles. The molecule has 0 saturated carbocycles. The van der Waals surface area contributed by atoms with Crippen molar-refractivity contribution in [2.24, 2.45) is 5.10 Å². The van der Waals surface area contributed by atoms with Crippen LogP contribution in [0.5, 0.6) is 5.75 Å². The summed E-state index contributed by atoms with van der Waals surface area (Å²) in [6.07, 6.45) is -0.949. The van der Waals surface area contributed by atoms with Crippen molar-refractivity contribution in [1.29, 1.82) is 5.26 Å². The van der Waals surface area contributed by atoms with Gasteiger partial charge in [0.05, 0.1) is 14.6 Å². The molecule has 3 aromatic rings. The van der Waals surface area contributed by atoms with Gasteiger partial charge in [0.2, 0.25) is 11.6 Å². The molecule has 0 fully saturated rings. The third-order valence-corrected chi connectivity index (χ3v) is 5.31. The van der Waals surface area contributed by atoms with Gasteiger partial charge in [0, 0.05) is 11.1 Å². The average Bonchev–Trinajstić information content (AvgIpc) is 2.72. The fraction of sp³-hybridized carbons (Fsp3) is 0.0556. The van der Waals surface area contributed by atoms with Gasteiger partial charge in [-0.3, -0.25) is 15.2 Å². The van der Waals surface area contributed by atoms with E-state index in [4.69, 9.17) is 10.00 Å².